The molecule has 0 aliphatic rings. The molecule has 0 spiro atoms. The molecule has 0 fully saturated rings. The summed E-state index contributed by atoms with van der Waals surface area (Å²) in [6.45, 7) is 3.69. The molecule has 40 valence electrons. The van der Waals surface area contributed by atoms with Gasteiger partial charge in [-0.25, -0.2) is 4.79 Å². The highest BCUT2D eigenvalue weighted by Crippen LogP contribution is 1.69. The third-order valence-corrected chi connectivity index (χ3v) is 0.417. The van der Waals surface area contributed by atoms with Gasteiger partial charge in [0.1, 0.15) is 0 Å². The van der Waals surface area contributed by atoms with Crippen LogP contribution >= 0.6 is 0 Å². The molecule has 0 amide bonds. The van der Waals surface area contributed by atoms with E-state index < -0.39 is 0 Å². The maximum Gasteiger partial charge on any atom is 0.439 e. The average molecular weight is 101 g/mol. The van der Waals surface area contributed by atoms with Crippen LogP contribution in [0.25, 0.3) is 0 Å². The summed E-state index contributed by atoms with van der Waals surface area (Å²) in [6, 6.07) is 0. The van der Waals surface area contributed by atoms with E-state index in [-0.39, 0.29) is 0 Å². The van der Waals surface area contributed by atoms with Crippen LogP contribution in [-0.4, -0.2) is 13.0 Å². The topological polar surface area (TPSA) is 40.4 Å². The van der Waals surface area contributed by atoms with Crippen LogP contribution in [0.1, 0.15) is 13.3 Å². The minimum Gasteiger partial charge on any atom is -0.340 e. The highest BCUT2D eigenvalue weighted by atomic mass is 16.7. The van der Waals surface area contributed by atoms with Crippen LogP contribution in [-0.2, 0) is 9.63 Å². The van der Waals surface area contributed by atoms with E-state index in [4.69, 9.17) is 0 Å². The predicted octanol–water partition coefficient (Wildman–Crippen LogP) is -0.000400. The summed E-state index contributed by atoms with van der Waals surface area (Å²) in [4.78, 5) is 13.1. The summed E-state index contributed by atoms with van der Waals surface area (Å²) < 4.78 is 0. The molecule has 3 nitrogen and oxygen atoms in total. The fourth-order valence-electron chi connectivity index (χ4n) is 0.163. The molecule has 0 saturated carbocycles. The molecule has 0 aromatic carbocycles. The number of hydrogen-bond acceptors (Lipinski definition) is 2. The summed E-state index contributed by atoms with van der Waals surface area (Å²) in [5.74, 6) is 0. The molecular formula is C4H7NO2. The Bertz CT molecular complexity index is 47.0. The van der Waals surface area contributed by atoms with E-state index in [1.54, 1.807) is 0 Å². The molecule has 0 bridgehead atoms. The zero-order valence-electron chi connectivity index (χ0n) is 4.18. The second-order valence-corrected chi connectivity index (χ2v) is 1.03. The highest BCUT2D eigenvalue weighted by molar-refractivity contribution is 5.37. The van der Waals surface area contributed by atoms with Gasteiger partial charge in [-0.05, 0) is 11.9 Å². The molecule has 0 aromatic heterocycles. The van der Waals surface area contributed by atoms with Crippen molar-refractivity contribution >= 4 is 6.47 Å². The molecule has 0 aliphatic carbocycles. The Morgan fingerprint density at radius 3 is 3.00 bits per heavy atom. The Morgan fingerprint density at radius 2 is 2.57 bits per heavy atom. The van der Waals surface area contributed by atoms with Crippen molar-refractivity contribution in [2.75, 3.05) is 6.54 Å². The van der Waals surface area contributed by atoms with Gasteiger partial charge >= 0.3 is 6.47 Å². The van der Waals surface area contributed by atoms with Gasteiger partial charge in [-0.1, -0.05) is 6.92 Å². The second kappa shape index (κ2) is 5.43. The first-order chi connectivity index (χ1) is 3.41. The maximum absolute atomic E-state index is 9.24. The van der Waals surface area contributed by atoms with E-state index in [9.17, 15) is 4.79 Å². The van der Waals surface area contributed by atoms with Crippen LogP contribution in [0.3, 0.4) is 0 Å². The van der Waals surface area contributed by atoms with Gasteiger partial charge in [-0.15, -0.1) is 0 Å². The molecule has 0 unspecified atom stereocenters. The quantitative estimate of drug-likeness (QED) is 0.369. The molecule has 0 N–H and O–H groups in total. The Balaban J connectivity index is 2.56. The predicted molar refractivity (Wildman–Crippen MR) is 24.1 cm³/mol. The average Bonchev–Trinajstić information content (AvgIpc) is 1.69. The Kier molecular flexibility index (Phi) is 4.99. The lowest BCUT2D eigenvalue weighted by atomic mass is 10.5. The smallest absolute Gasteiger partial charge is 0.340 e. The first-order valence-electron chi connectivity index (χ1n) is 2.11. The van der Waals surface area contributed by atoms with Crippen molar-refractivity contribution in [2.45, 2.75) is 13.3 Å². The SMILES string of the molecule is CCC[N]O[C]=O. The first-order valence-corrected chi connectivity index (χ1v) is 2.11. The number of rotatable bonds is 4. The van der Waals surface area contributed by atoms with Crippen LogP contribution in [0.15, 0.2) is 0 Å². The zero-order valence-corrected chi connectivity index (χ0v) is 4.18. The standard InChI is InChI=1S/C4H7NO2/c1-2-3-5-7-4-6/h2-3H2,1H3. The van der Waals surface area contributed by atoms with Gasteiger partial charge in [0.2, 0.25) is 0 Å². The lowest BCUT2D eigenvalue weighted by Gasteiger charge is -1.87. The largest absolute Gasteiger partial charge is 0.439 e. The van der Waals surface area contributed by atoms with Gasteiger partial charge in [0.25, 0.3) is 0 Å². The lowest BCUT2D eigenvalue weighted by molar-refractivity contribution is 0.159. The molecule has 3 heteroatoms. The molecule has 0 aromatic rings. The first kappa shape index (κ1) is 6.43. The zero-order chi connectivity index (χ0) is 5.54. The third-order valence-electron chi connectivity index (χ3n) is 0.417. The van der Waals surface area contributed by atoms with Gasteiger partial charge in [0.15, 0.2) is 0 Å². The molecule has 0 heterocycles. The maximum atomic E-state index is 9.24. The van der Waals surface area contributed by atoms with Crippen molar-refractivity contribution in [1.29, 1.82) is 0 Å². The normalized spacial score (nSPS) is 8.14. The highest BCUT2D eigenvalue weighted by Gasteiger charge is 1.80. The molecule has 2 radical (unpaired) electrons. The number of carbonyl (C=O) groups excluding carboxylic acids is 1. The van der Waals surface area contributed by atoms with E-state index in [1.165, 1.54) is 6.47 Å². The van der Waals surface area contributed by atoms with E-state index in [1.807, 2.05) is 6.92 Å². The van der Waals surface area contributed by atoms with Crippen LogP contribution in [0, 0.1) is 0 Å². The van der Waals surface area contributed by atoms with Crippen LogP contribution in [0.2, 0.25) is 0 Å². The van der Waals surface area contributed by atoms with Gasteiger partial charge in [-0.3, -0.25) is 0 Å². The van der Waals surface area contributed by atoms with E-state index >= 15 is 0 Å². The summed E-state index contributed by atoms with van der Waals surface area (Å²) in [6.07, 6.45) is 0.891. The Labute approximate surface area is 42.6 Å². The van der Waals surface area contributed by atoms with Crippen molar-refractivity contribution in [3.8, 4) is 0 Å². The monoisotopic (exact) mass is 101 g/mol. The number of nitrogens with zero attached hydrogens (tertiary/aromatic N) is 1. The minimum atomic E-state index is 0.565. The summed E-state index contributed by atoms with van der Waals surface area (Å²) in [5.41, 5.74) is 3.28. The van der Waals surface area contributed by atoms with Crippen LogP contribution in [0.5, 0.6) is 0 Å². The molecule has 0 atom stereocenters. The second-order valence-electron chi connectivity index (χ2n) is 1.03. The Morgan fingerprint density at radius 1 is 1.86 bits per heavy atom. The number of hydroxylamine groups is 1. The van der Waals surface area contributed by atoms with E-state index in [2.05, 4.69) is 10.3 Å². The summed E-state index contributed by atoms with van der Waals surface area (Å²) in [7, 11) is 0. The van der Waals surface area contributed by atoms with Gasteiger partial charge in [0.05, 0.1) is 6.54 Å². The van der Waals surface area contributed by atoms with Crippen LogP contribution in [0.4, 0.5) is 0 Å². The van der Waals surface area contributed by atoms with Gasteiger partial charge < -0.3 is 4.84 Å². The molecular weight excluding hydrogens is 94.0 g/mol. The molecule has 0 aliphatic heterocycles. The fraction of sp³-hybridized carbons (Fsp3) is 0.750. The molecule has 0 saturated heterocycles. The minimum absolute atomic E-state index is 0.565. The lowest BCUT2D eigenvalue weighted by Crippen LogP contribution is -2.04. The van der Waals surface area contributed by atoms with E-state index in [0.717, 1.165) is 6.42 Å². The van der Waals surface area contributed by atoms with E-state index in [0.29, 0.717) is 6.54 Å². The third kappa shape index (κ3) is 5.43. The Hall–Kier alpha value is -0.570. The van der Waals surface area contributed by atoms with Crippen molar-refractivity contribution in [1.82, 2.24) is 5.48 Å². The van der Waals surface area contributed by atoms with Crippen LogP contribution < -0.4 is 5.48 Å². The van der Waals surface area contributed by atoms with Gasteiger partial charge in [0, 0.05) is 0 Å². The number of hydrogen-bond donors (Lipinski definition) is 0. The van der Waals surface area contributed by atoms with Crippen molar-refractivity contribution < 1.29 is 9.63 Å². The van der Waals surface area contributed by atoms with Crippen molar-refractivity contribution in [2.24, 2.45) is 0 Å². The molecule has 7 heavy (non-hydrogen) atoms. The fourth-order valence-corrected chi connectivity index (χ4v) is 0.163. The summed E-state index contributed by atoms with van der Waals surface area (Å²) in [5, 5.41) is 0. The molecule has 0 rings (SSSR count). The van der Waals surface area contributed by atoms with Crippen molar-refractivity contribution in [3.05, 3.63) is 0 Å². The van der Waals surface area contributed by atoms with Gasteiger partial charge in [-0.2, -0.15) is 0 Å². The van der Waals surface area contributed by atoms with Crippen molar-refractivity contribution in [3.63, 3.8) is 0 Å². The summed E-state index contributed by atoms with van der Waals surface area (Å²) >= 11 is 0.